The lowest BCUT2D eigenvalue weighted by molar-refractivity contribution is -0.153. The van der Waals surface area contributed by atoms with Crippen LogP contribution in [0.15, 0.2) is 30.3 Å². The zero-order chi connectivity index (χ0) is 19.4. The zero-order valence-electron chi connectivity index (χ0n) is 15.4. The molecule has 154 valence electrons. The Bertz CT molecular complexity index is 775. The van der Waals surface area contributed by atoms with Crippen LogP contribution in [0.1, 0.15) is 40.6 Å². The van der Waals surface area contributed by atoms with Gasteiger partial charge in [-0.25, -0.2) is 4.68 Å². The largest absolute Gasteiger partial charge is 0.408 e. The molecule has 10 heteroatoms. The van der Waals surface area contributed by atoms with Gasteiger partial charge in [0.2, 0.25) is 0 Å². The Morgan fingerprint density at radius 1 is 1.29 bits per heavy atom. The van der Waals surface area contributed by atoms with Crippen molar-refractivity contribution in [2.75, 3.05) is 13.1 Å². The van der Waals surface area contributed by atoms with E-state index in [4.69, 9.17) is 0 Å². The molecule has 2 heterocycles. The first kappa shape index (κ1) is 22.2. The van der Waals surface area contributed by atoms with Crippen molar-refractivity contribution in [1.29, 1.82) is 0 Å². The van der Waals surface area contributed by atoms with Gasteiger partial charge in [-0.15, -0.1) is 17.5 Å². The minimum absolute atomic E-state index is 0. The van der Waals surface area contributed by atoms with Gasteiger partial charge in [-0.1, -0.05) is 35.5 Å². The summed E-state index contributed by atoms with van der Waals surface area (Å²) in [6.07, 6.45) is -3.23. The molecule has 0 spiro atoms. The van der Waals surface area contributed by atoms with E-state index in [0.29, 0.717) is 11.3 Å². The third kappa shape index (κ3) is 5.23. The summed E-state index contributed by atoms with van der Waals surface area (Å²) < 4.78 is 41.9. The average molecular weight is 418 g/mol. The number of carbonyl (C=O) groups is 1. The number of hydrogen-bond acceptors (Lipinski definition) is 4. The molecule has 2 aromatic rings. The standard InChI is InChI=1S/C18H22F3N5O.ClH/c1-12-16(24-25-26(12)14-7-9-22-10-8-14)17(27)23-15(18(19,20)21)11-13-5-3-2-4-6-13;/h2-6,14-15,22H,7-11H2,1H3,(H,23,27);1H. The second-order valence-electron chi connectivity index (χ2n) is 6.71. The maximum absolute atomic E-state index is 13.4. The second-order valence-corrected chi connectivity index (χ2v) is 6.71. The highest BCUT2D eigenvalue weighted by Crippen LogP contribution is 2.24. The van der Waals surface area contributed by atoms with E-state index in [1.54, 1.807) is 41.9 Å². The normalized spacial score (nSPS) is 16.3. The third-order valence-corrected chi connectivity index (χ3v) is 4.78. The quantitative estimate of drug-likeness (QED) is 0.784. The van der Waals surface area contributed by atoms with Gasteiger partial charge in [-0.05, 0) is 38.4 Å². The number of carbonyl (C=O) groups excluding carboxylic acids is 1. The summed E-state index contributed by atoms with van der Waals surface area (Å²) in [6, 6.07) is 6.37. The van der Waals surface area contributed by atoms with Crippen molar-refractivity contribution in [2.24, 2.45) is 0 Å². The number of halogens is 4. The highest BCUT2D eigenvalue weighted by Gasteiger charge is 2.41. The molecule has 1 saturated heterocycles. The molecule has 1 fully saturated rings. The highest BCUT2D eigenvalue weighted by molar-refractivity contribution is 5.93. The van der Waals surface area contributed by atoms with Crippen molar-refractivity contribution in [3.05, 3.63) is 47.3 Å². The number of nitrogens with zero attached hydrogens (tertiary/aromatic N) is 3. The zero-order valence-corrected chi connectivity index (χ0v) is 16.2. The van der Waals surface area contributed by atoms with Crippen LogP contribution in [-0.4, -0.2) is 46.2 Å². The monoisotopic (exact) mass is 417 g/mol. The smallest absolute Gasteiger partial charge is 0.339 e. The minimum Gasteiger partial charge on any atom is -0.339 e. The molecule has 0 radical (unpaired) electrons. The minimum atomic E-state index is -4.57. The first-order chi connectivity index (χ1) is 12.9. The number of amides is 1. The van der Waals surface area contributed by atoms with Crippen LogP contribution in [0.25, 0.3) is 0 Å². The summed E-state index contributed by atoms with van der Waals surface area (Å²) in [4.78, 5) is 12.5. The molecule has 1 aliphatic heterocycles. The first-order valence-corrected chi connectivity index (χ1v) is 8.90. The molecule has 0 saturated carbocycles. The number of piperidine rings is 1. The van der Waals surface area contributed by atoms with Crippen LogP contribution >= 0.6 is 12.4 Å². The van der Waals surface area contributed by atoms with E-state index in [-0.39, 0.29) is 30.6 Å². The summed E-state index contributed by atoms with van der Waals surface area (Å²) in [5, 5.41) is 13.2. The first-order valence-electron chi connectivity index (χ1n) is 8.90. The van der Waals surface area contributed by atoms with Gasteiger partial charge in [-0.3, -0.25) is 4.79 Å². The molecule has 6 nitrogen and oxygen atoms in total. The second kappa shape index (κ2) is 9.38. The average Bonchev–Trinajstić information content (AvgIpc) is 3.03. The number of rotatable bonds is 5. The Morgan fingerprint density at radius 3 is 2.54 bits per heavy atom. The Morgan fingerprint density at radius 2 is 1.93 bits per heavy atom. The molecule has 1 aromatic carbocycles. The topological polar surface area (TPSA) is 71.8 Å². The van der Waals surface area contributed by atoms with Crippen molar-refractivity contribution in [2.45, 2.75) is 44.4 Å². The Kier molecular flexibility index (Phi) is 7.42. The van der Waals surface area contributed by atoms with Gasteiger partial charge >= 0.3 is 6.18 Å². The van der Waals surface area contributed by atoms with Crippen LogP contribution in [0.3, 0.4) is 0 Å². The fourth-order valence-corrected chi connectivity index (χ4v) is 3.27. The predicted molar refractivity (Wildman–Crippen MR) is 101 cm³/mol. The number of alkyl halides is 3. The number of hydrogen-bond donors (Lipinski definition) is 2. The number of nitrogens with one attached hydrogen (secondary N) is 2. The Labute approximate surface area is 167 Å². The molecule has 1 aliphatic rings. The maximum Gasteiger partial charge on any atom is 0.408 e. The van der Waals surface area contributed by atoms with E-state index in [1.807, 2.05) is 0 Å². The van der Waals surface area contributed by atoms with Gasteiger partial charge < -0.3 is 10.6 Å². The van der Waals surface area contributed by atoms with Gasteiger partial charge in [0, 0.05) is 6.42 Å². The molecule has 1 atom stereocenters. The van der Waals surface area contributed by atoms with Crippen LogP contribution in [0.4, 0.5) is 13.2 Å². The van der Waals surface area contributed by atoms with E-state index in [9.17, 15) is 18.0 Å². The van der Waals surface area contributed by atoms with Crippen molar-refractivity contribution >= 4 is 18.3 Å². The summed E-state index contributed by atoms with van der Waals surface area (Å²) >= 11 is 0. The molecular weight excluding hydrogens is 395 g/mol. The molecule has 1 amide bonds. The van der Waals surface area contributed by atoms with Crippen LogP contribution in [-0.2, 0) is 6.42 Å². The van der Waals surface area contributed by atoms with Crippen LogP contribution in [0, 0.1) is 6.92 Å². The molecule has 0 aliphatic carbocycles. The van der Waals surface area contributed by atoms with Crippen LogP contribution in [0.5, 0.6) is 0 Å². The maximum atomic E-state index is 13.4. The molecule has 3 rings (SSSR count). The predicted octanol–water partition coefficient (Wildman–Crippen LogP) is 2.84. The SMILES string of the molecule is Cc1c(C(=O)NC(Cc2ccccc2)C(F)(F)F)nnn1C1CCNCC1.Cl. The molecule has 28 heavy (non-hydrogen) atoms. The van der Waals surface area contributed by atoms with E-state index in [1.165, 1.54) is 0 Å². The van der Waals surface area contributed by atoms with Gasteiger partial charge in [0.1, 0.15) is 6.04 Å². The summed E-state index contributed by atoms with van der Waals surface area (Å²) in [7, 11) is 0. The molecule has 2 N–H and O–H groups in total. The highest BCUT2D eigenvalue weighted by atomic mass is 35.5. The van der Waals surface area contributed by atoms with Gasteiger partial charge in [0.25, 0.3) is 5.91 Å². The fraction of sp³-hybridized carbons (Fsp3) is 0.500. The van der Waals surface area contributed by atoms with Crippen molar-refractivity contribution in [3.8, 4) is 0 Å². The summed E-state index contributed by atoms with van der Waals surface area (Å²) in [6.45, 7) is 3.33. The molecule has 1 unspecified atom stereocenters. The van der Waals surface area contributed by atoms with E-state index in [0.717, 1.165) is 25.9 Å². The lowest BCUT2D eigenvalue weighted by atomic mass is 10.1. The van der Waals surface area contributed by atoms with E-state index in [2.05, 4.69) is 20.9 Å². The van der Waals surface area contributed by atoms with Crippen LogP contribution in [0.2, 0.25) is 0 Å². The van der Waals surface area contributed by atoms with Crippen LogP contribution < -0.4 is 10.6 Å². The Hall–Kier alpha value is -2.13. The van der Waals surface area contributed by atoms with E-state index >= 15 is 0 Å². The molecule has 1 aromatic heterocycles. The van der Waals surface area contributed by atoms with Crippen molar-refractivity contribution < 1.29 is 18.0 Å². The fourth-order valence-electron chi connectivity index (χ4n) is 3.27. The summed E-state index contributed by atoms with van der Waals surface area (Å²) in [5.74, 6) is -0.856. The summed E-state index contributed by atoms with van der Waals surface area (Å²) in [5.41, 5.74) is 0.922. The molecule has 0 bridgehead atoms. The van der Waals surface area contributed by atoms with Crippen molar-refractivity contribution in [1.82, 2.24) is 25.6 Å². The van der Waals surface area contributed by atoms with Gasteiger partial charge in [-0.2, -0.15) is 13.2 Å². The molecular formula is C18H23ClF3N5O. The number of benzene rings is 1. The van der Waals surface area contributed by atoms with Crippen molar-refractivity contribution in [3.63, 3.8) is 0 Å². The Balaban J connectivity index is 0.00000280. The van der Waals surface area contributed by atoms with Gasteiger partial charge in [0.05, 0.1) is 11.7 Å². The lowest BCUT2D eigenvalue weighted by Crippen LogP contribution is -2.47. The van der Waals surface area contributed by atoms with Gasteiger partial charge in [0.15, 0.2) is 5.69 Å². The van der Waals surface area contributed by atoms with E-state index < -0.39 is 18.1 Å². The third-order valence-electron chi connectivity index (χ3n) is 4.78. The number of aromatic nitrogens is 3. The lowest BCUT2D eigenvalue weighted by Gasteiger charge is -2.23.